The molecular formula is C21H37IN4OS. The number of hydrogen-bond donors (Lipinski definition) is 2. The fraction of sp³-hybridized carbons (Fsp3) is 0.762. The lowest BCUT2D eigenvalue weighted by molar-refractivity contribution is -0.0164. The van der Waals surface area contributed by atoms with Crippen molar-refractivity contribution in [1.29, 1.82) is 0 Å². The van der Waals surface area contributed by atoms with Crippen LogP contribution in [0.4, 0.5) is 0 Å². The highest BCUT2D eigenvalue weighted by Crippen LogP contribution is 2.31. The topological polar surface area (TPSA) is 48.9 Å². The number of halogens is 1. The predicted molar refractivity (Wildman–Crippen MR) is 130 cm³/mol. The molecule has 2 N–H and O–H groups in total. The zero-order chi connectivity index (χ0) is 19.2. The number of guanidine groups is 1. The van der Waals surface area contributed by atoms with Gasteiger partial charge in [0.05, 0.1) is 6.54 Å². The van der Waals surface area contributed by atoms with Crippen LogP contribution in [-0.2, 0) is 10.2 Å². The molecule has 1 aromatic heterocycles. The van der Waals surface area contributed by atoms with Crippen molar-refractivity contribution in [3.8, 4) is 0 Å². The Hall–Kier alpha value is -0.380. The van der Waals surface area contributed by atoms with E-state index in [1.54, 1.807) is 0 Å². The third-order valence-electron chi connectivity index (χ3n) is 5.95. The molecule has 7 heteroatoms. The molecule has 2 fully saturated rings. The van der Waals surface area contributed by atoms with Crippen LogP contribution in [0, 0.1) is 0 Å². The normalized spacial score (nSPS) is 20.6. The summed E-state index contributed by atoms with van der Waals surface area (Å²) in [5, 5.41) is 9.26. The highest BCUT2D eigenvalue weighted by Gasteiger charge is 2.39. The summed E-state index contributed by atoms with van der Waals surface area (Å²) < 4.78 is 5.67. The Morgan fingerprint density at radius 2 is 1.96 bits per heavy atom. The quantitative estimate of drug-likeness (QED) is 0.326. The third kappa shape index (κ3) is 6.06. The second-order valence-corrected chi connectivity index (χ2v) is 9.39. The molecule has 0 atom stereocenters. The Balaban J connectivity index is 0.00000280. The van der Waals surface area contributed by atoms with Gasteiger partial charge in [0, 0.05) is 42.1 Å². The van der Waals surface area contributed by atoms with Crippen LogP contribution in [0.5, 0.6) is 0 Å². The molecule has 0 amide bonds. The van der Waals surface area contributed by atoms with E-state index in [1.807, 2.05) is 11.3 Å². The van der Waals surface area contributed by atoms with E-state index < -0.39 is 0 Å². The van der Waals surface area contributed by atoms with E-state index >= 15 is 0 Å². The van der Waals surface area contributed by atoms with Crippen molar-refractivity contribution in [1.82, 2.24) is 15.5 Å². The SMILES string of the molecule is CCNC(=NCC(C)(C)c1cccs1)NCC1(N2CCCC2)CCOCC1.I. The molecule has 0 saturated carbocycles. The zero-order valence-electron chi connectivity index (χ0n) is 17.6. The number of nitrogens with one attached hydrogen (secondary N) is 2. The fourth-order valence-corrected chi connectivity index (χ4v) is 5.00. The largest absolute Gasteiger partial charge is 0.381 e. The first-order chi connectivity index (χ1) is 13.1. The molecule has 0 aromatic carbocycles. The van der Waals surface area contributed by atoms with E-state index in [1.165, 1.54) is 30.8 Å². The summed E-state index contributed by atoms with van der Waals surface area (Å²) in [4.78, 5) is 9.02. The van der Waals surface area contributed by atoms with Crippen LogP contribution in [0.3, 0.4) is 0 Å². The van der Waals surface area contributed by atoms with Crippen LogP contribution < -0.4 is 10.6 Å². The molecule has 5 nitrogen and oxygen atoms in total. The van der Waals surface area contributed by atoms with Gasteiger partial charge in [0.25, 0.3) is 0 Å². The number of thiophene rings is 1. The average molecular weight is 521 g/mol. The summed E-state index contributed by atoms with van der Waals surface area (Å²) in [7, 11) is 0. The number of rotatable bonds is 7. The summed E-state index contributed by atoms with van der Waals surface area (Å²) in [5.74, 6) is 0.937. The van der Waals surface area contributed by atoms with Crippen molar-refractivity contribution >= 4 is 41.3 Å². The molecule has 0 aliphatic carbocycles. The standard InChI is InChI=1S/C21H36N4OS.HI/c1-4-22-19(23-16-20(2,3)18-8-7-15-27-18)24-17-21(9-13-26-14-10-21)25-11-5-6-12-25;/h7-8,15H,4-6,9-14,16-17H2,1-3H3,(H2,22,23,24);1H. The first-order valence-electron chi connectivity index (χ1n) is 10.4. The Kier molecular flexibility index (Phi) is 9.50. The predicted octanol–water partition coefficient (Wildman–Crippen LogP) is 3.84. The van der Waals surface area contributed by atoms with Crippen LogP contribution in [0.15, 0.2) is 22.5 Å². The van der Waals surface area contributed by atoms with Gasteiger partial charge in [-0.3, -0.25) is 9.89 Å². The Morgan fingerprint density at radius 3 is 2.57 bits per heavy atom. The van der Waals surface area contributed by atoms with E-state index in [-0.39, 0.29) is 34.9 Å². The minimum Gasteiger partial charge on any atom is -0.381 e. The number of nitrogens with zero attached hydrogens (tertiary/aromatic N) is 2. The zero-order valence-corrected chi connectivity index (χ0v) is 20.8. The molecule has 2 aliphatic rings. The molecule has 0 bridgehead atoms. The lowest BCUT2D eigenvalue weighted by atomic mass is 9.88. The first kappa shape index (κ1) is 23.9. The van der Waals surface area contributed by atoms with Gasteiger partial charge in [0.1, 0.15) is 0 Å². The van der Waals surface area contributed by atoms with Crippen LogP contribution in [0.2, 0.25) is 0 Å². The number of ether oxygens (including phenoxy) is 1. The van der Waals surface area contributed by atoms with Gasteiger partial charge < -0.3 is 15.4 Å². The van der Waals surface area contributed by atoms with E-state index in [4.69, 9.17) is 9.73 Å². The fourth-order valence-electron chi connectivity index (χ4n) is 4.16. The van der Waals surface area contributed by atoms with E-state index in [9.17, 15) is 0 Å². The van der Waals surface area contributed by atoms with E-state index in [0.29, 0.717) is 0 Å². The second kappa shape index (κ2) is 11.1. The molecular weight excluding hydrogens is 483 g/mol. The summed E-state index contributed by atoms with van der Waals surface area (Å²) in [5.41, 5.74) is 0.274. The lowest BCUT2D eigenvalue weighted by Gasteiger charge is -2.45. The van der Waals surface area contributed by atoms with Gasteiger partial charge in [-0.1, -0.05) is 19.9 Å². The molecule has 1 aromatic rings. The van der Waals surface area contributed by atoms with Crippen molar-refractivity contribution in [3.63, 3.8) is 0 Å². The highest BCUT2D eigenvalue weighted by molar-refractivity contribution is 14.0. The highest BCUT2D eigenvalue weighted by atomic mass is 127. The van der Waals surface area contributed by atoms with Crippen LogP contribution in [-0.4, -0.2) is 62.3 Å². The van der Waals surface area contributed by atoms with Crippen LogP contribution in [0.25, 0.3) is 0 Å². The van der Waals surface area contributed by atoms with Crippen molar-refractivity contribution in [2.75, 3.05) is 45.9 Å². The summed E-state index contributed by atoms with van der Waals surface area (Å²) in [6.07, 6.45) is 4.87. The monoisotopic (exact) mass is 520 g/mol. The Labute approximate surface area is 191 Å². The number of aliphatic imine (C=N–C) groups is 1. The molecule has 3 rings (SSSR count). The number of likely N-dealkylation sites (tertiary alicyclic amines) is 1. The maximum Gasteiger partial charge on any atom is 0.191 e. The lowest BCUT2D eigenvalue weighted by Crippen LogP contribution is -2.58. The van der Waals surface area contributed by atoms with Crippen molar-refractivity contribution < 1.29 is 4.74 Å². The smallest absolute Gasteiger partial charge is 0.191 e. The van der Waals surface area contributed by atoms with Crippen molar-refractivity contribution in [2.45, 2.75) is 57.4 Å². The molecule has 0 unspecified atom stereocenters. The molecule has 2 saturated heterocycles. The van der Waals surface area contributed by atoms with E-state index in [0.717, 1.165) is 51.6 Å². The van der Waals surface area contributed by atoms with Gasteiger partial charge in [0.2, 0.25) is 0 Å². The molecule has 0 radical (unpaired) electrons. The summed E-state index contributed by atoms with van der Waals surface area (Å²) in [6, 6.07) is 4.34. The summed E-state index contributed by atoms with van der Waals surface area (Å²) >= 11 is 1.82. The molecule has 160 valence electrons. The van der Waals surface area contributed by atoms with E-state index in [2.05, 4.69) is 53.8 Å². The van der Waals surface area contributed by atoms with Crippen molar-refractivity contribution in [3.05, 3.63) is 22.4 Å². The second-order valence-electron chi connectivity index (χ2n) is 8.44. The Morgan fingerprint density at radius 1 is 1.25 bits per heavy atom. The average Bonchev–Trinajstić information content (AvgIpc) is 3.39. The van der Waals surface area contributed by atoms with Gasteiger partial charge in [-0.05, 0) is 57.1 Å². The van der Waals surface area contributed by atoms with Gasteiger partial charge in [-0.25, -0.2) is 0 Å². The van der Waals surface area contributed by atoms with Crippen LogP contribution >= 0.6 is 35.3 Å². The molecule has 3 heterocycles. The molecule has 2 aliphatic heterocycles. The summed E-state index contributed by atoms with van der Waals surface area (Å²) in [6.45, 7) is 13.5. The van der Waals surface area contributed by atoms with Crippen LogP contribution in [0.1, 0.15) is 51.3 Å². The molecule has 28 heavy (non-hydrogen) atoms. The first-order valence-corrected chi connectivity index (χ1v) is 11.3. The Bertz CT molecular complexity index is 594. The minimum absolute atomic E-state index is 0. The number of hydrogen-bond acceptors (Lipinski definition) is 4. The van der Waals surface area contributed by atoms with Gasteiger partial charge in [-0.15, -0.1) is 35.3 Å². The maximum absolute atomic E-state index is 5.67. The third-order valence-corrected chi connectivity index (χ3v) is 7.19. The molecule has 0 spiro atoms. The van der Waals surface area contributed by atoms with Gasteiger partial charge >= 0.3 is 0 Å². The van der Waals surface area contributed by atoms with Gasteiger partial charge in [0.15, 0.2) is 5.96 Å². The minimum atomic E-state index is 0. The van der Waals surface area contributed by atoms with Gasteiger partial charge in [-0.2, -0.15) is 0 Å². The van der Waals surface area contributed by atoms with Crippen molar-refractivity contribution in [2.24, 2.45) is 4.99 Å². The maximum atomic E-state index is 5.67.